The Kier molecular flexibility index (Phi) is 5.77. The van der Waals surface area contributed by atoms with Gasteiger partial charge in [0.2, 0.25) is 0 Å². The second-order valence-corrected chi connectivity index (χ2v) is 4.41. The molecule has 0 atom stereocenters. The molecule has 0 aliphatic rings. The van der Waals surface area contributed by atoms with E-state index in [2.05, 4.69) is 4.74 Å². The number of carbonyl (C=O) groups is 2. The summed E-state index contributed by atoms with van der Waals surface area (Å²) in [4.78, 5) is 44.7. The molecule has 0 fully saturated rings. The number of carbonyl (C=O) groups excluding carboxylic acids is 2. The number of aryl methyl sites for hydroxylation is 1. The monoisotopic (exact) mass is 296 g/mol. The Bertz CT molecular complexity index is 620. The lowest BCUT2D eigenvalue weighted by Crippen LogP contribution is -2.24. The van der Waals surface area contributed by atoms with Crippen LogP contribution in [0.25, 0.3) is 0 Å². The quantitative estimate of drug-likeness (QED) is 0.421. The van der Waals surface area contributed by atoms with Crippen molar-refractivity contribution in [1.29, 1.82) is 0 Å². The Balaban J connectivity index is 2.76. The van der Waals surface area contributed by atoms with E-state index >= 15 is 0 Å². The van der Waals surface area contributed by atoms with E-state index in [1.54, 1.807) is 6.92 Å². The van der Waals surface area contributed by atoms with Crippen molar-refractivity contribution in [3.05, 3.63) is 38.3 Å². The molecule has 0 N–H and O–H groups in total. The van der Waals surface area contributed by atoms with Gasteiger partial charge in [0.1, 0.15) is 0 Å². The zero-order chi connectivity index (χ0) is 16.0. The topological polar surface area (TPSA) is 109 Å². The van der Waals surface area contributed by atoms with Crippen LogP contribution < -0.4 is 5.56 Å². The van der Waals surface area contributed by atoms with Gasteiger partial charge in [-0.05, 0) is 13.8 Å². The van der Waals surface area contributed by atoms with Gasteiger partial charge in [0.25, 0.3) is 11.2 Å². The van der Waals surface area contributed by atoms with Gasteiger partial charge in [0.05, 0.1) is 30.7 Å². The second kappa shape index (κ2) is 7.32. The van der Waals surface area contributed by atoms with Crippen molar-refractivity contribution < 1.29 is 19.2 Å². The number of aromatic nitrogens is 1. The number of rotatable bonds is 7. The van der Waals surface area contributed by atoms with Gasteiger partial charge in [-0.15, -0.1) is 0 Å². The van der Waals surface area contributed by atoms with Crippen LogP contribution in [-0.2, 0) is 20.9 Å². The molecule has 0 spiro atoms. The van der Waals surface area contributed by atoms with Gasteiger partial charge in [0, 0.05) is 18.1 Å². The molecule has 1 aromatic heterocycles. The third kappa shape index (κ3) is 4.83. The third-order valence-corrected chi connectivity index (χ3v) is 2.76. The molecule has 0 amide bonds. The normalized spacial score (nSPS) is 10.2. The minimum absolute atomic E-state index is 0.0740. The van der Waals surface area contributed by atoms with Crippen LogP contribution in [0, 0.1) is 17.0 Å². The highest BCUT2D eigenvalue weighted by molar-refractivity contribution is 5.82. The van der Waals surface area contributed by atoms with Crippen LogP contribution in [0.3, 0.4) is 0 Å². The van der Waals surface area contributed by atoms with Crippen LogP contribution in [-0.4, -0.2) is 27.8 Å². The Hall–Kier alpha value is -2.51. The van der Waals surface area contributed by atoms with Crippen LogP contribution in [0.15, 0.2) is 17.1 Å². The molecule has 1 heterocycles. The number of pyridine rings is 1. The van der Waals surface area contributed by atoms with Crippen LogP contribution in [0.4, 0.5) is 5.69 Å². The number of hydrogen-bond acceptors (Lipinski definition) is 6. The Morgan fingerprint density at radius 3 is 2.62 bits per heavy atom. The molecule has 1 rings (SSSR count). The van der Waals surface area contributed by atoms with E-state index in [0.29, 0.717) is 0 Å². The van der Waals surface area contributed by atoms with Crippen molar-refractivity contribution >= 4 is 17.4 Å². The highest BCUT2D eigenvalue weighted by atomic mass is 16.6. The van der Waals surface area contributed by atoms with E-state index in [0.717, 1.165) is 16.8 Å². The summed E-state index contributed by atoms with van der Waals surface area (Å²) in [7, 11) is 0. The van der Waals surface area contributed by atoms with Crippen molar-refractivity contribution in [3.8, 4) is 0 Å². The molecule has 8 heteroatoms. The molecule has 114 valence electrons. The maximum atomic E-state index is 11.7. The van der Waals surface area contributed by atoms with Gasteiger partial charge in [-0.3, -0.25) is 24.5 Å². The minimum Gasteiger partial charge on any atom is -0.466 e. The fourth-order valence-corrected chi connectivity index (χ4v) is 1.71. The van der Waals surface area contributed by atoms with Gasteiger partial charge < -0.3 is 9.30 Å². The Labute approximate surface area is 120 Å². The van der Waals surface area contributed by atoms with E-state index < -0.39 is 16.5 Å². The molecule has 0 radical (unpaired) electrons. The molecule has 0 unspecified atom stereocenters. The summed E-state index contributed by atoms with van der Waals surface area (Å²) in [5.74, 6) is -0.864. The van der Waals surface area contributed by atoms with Gasteiger partial charge in [-0.25, -0.2) is 0 Å². The summed E-state index contributed by atoms with van der Waals surface area (Å²) < 4.78 is 5.65. The van der Waals surface area contributed by atoms with Crippen molar-refractivity contribution in [2.75, 3.05) is 6.61 Å². The van der Waals surface area contributed by atoms with Crippen molar-refractivity contribution in [1.82, 2.24) is 4.57 Å². The second-order valence-electron chi connectivity index (χ2n) is 4.41. The standard InChI is InChI=1S/C13H16N2O6/c1-3-21-13(18)5-4-10(16)7-14-8-11(15(19)20)9(2)6-12(14)17/h6,8H,3-5,7H2,1-2H3. The number of Topliss-reactive ketones (excluding diaryl/α,β-unsaturated/α-hetero) is 1. The van der Waals surface area contributed by atoms with Gasteiger partial charge in [-0.2, -0.15) is 0 Å². The number of nitrogens with zero attached hydrogens (tertiary/aromatic N) is 2. The number of nitro groups is 1. The largest absolute Gasteiger partial charge is 0.466 e. The van der Waals surface area contributed by atoms with E-state index in [-0.39, 0.29) is 43.0 Å². The van der Waals surface area contributed by atoms with Crippen molar-refractivity contribution in [2.24, 2.45) is 0 Å². The number of ketones is 1. The SMILES string of the molecule is CCOC(=O)CCC(=O)Cn1cc([N+](=O)[O-])c(C)cc1=O. The molecule has 0 aromatic carbocycles. The molecule has 1 aromatic rings. The highest BCUT2D eigenvalue weighted by Gasteiger charge is 2.15. The summed E-state index contributed by atoms with van der Waals surface area (Å²) in [6.45, 7) is 3.03. The fraction of sp³-hybridized carbons (Fsp3) is 0.462. The van der Waals surface area contributed by atoms with Crippen LogP contribution in [0.5, 0.6) is 0 Å². The Morgan fingerprint density at radius 1 is 1.38 bits per heavy atom. The zero-order valence-corrected chi connectivity index (χ0v) is 11.8. The van der Waals surface area contributed by atoms with E-state index in [1.807, 2.05) is 0 Å². The maximum Gasteiger partial charge on any atom is 0.306 e. The van der Waals surface area contributed by atoms with Crippen LogP contribution in [0.1, 0.15) is 25.3 Å². The van der Waals surface area contributed by atoms with Crippen molar-refractivity contribution in [2.45, 2.75) is 33.2 Å². The first kappa shape index (κ1) is 16.5. The molecule has 0 aliphatic carbocycles. The van der Waals surface area contributed by atoms with Crippen LogP contribution >= 0.6 is 0 Å². The molecule has 0 bridgehead atoms. The lowest BCUT2D eigenvalue weighted by Gasteiger charge is -2.06. The lowest BCUT2D eigenvalue weighted by molar-refractivity contribution is -0.385. The zero-order valence-electron chi connectivity index (χ0n) is 11.8. The van der Waals surface area contributed by atoms with Crippen molar-refractivity contribution in [3.63, 3.8) is 0 Å². The minimum atomic E-state index is -0.617. The van der Waals surface area contributed by atoms with E-state index in [9.17, 15) is 24.5 Å². The van der Waals surface area contributed by atoms with E-state index in [1.165, 1.54) is 6.92 Å². The highest BCUT2D eigenvalue weighted by Crippen LogP contribution is 2.14. The predicted octanol–water partition coefficient (Wildman–Crippen LogP) is 0.977. The molecule has 0 saturated heterocycles. The summed E-state index contributed by atoms with van der Waals surface area (Å²) in [6, 6.07) is 1.11. The van der Waals surface area contributed by atoms with Crippen LogP contribution in [0.2, 0.25) is 0 Å². The predicted molar refractivity (Wildman–Crippen MR) is 73.0 cm³/mol. The van der Waals surface area contributed by atoms with Gasteiger partial charge in [0.15, 0.2) is 5.78 Å². The smallest absolute Gasteiger partial charge is 0.306 e. The molecule has 0 saturated carbocycles. The number of ether oxygens (including phenoxy) is 1. The molecule has 8 nitrogen and oxygen atoms in total. The molecule has 0 aliphatic heterocycles. The number of esters is 1. The maximum absolute atomic E-state index is 11.7. The fourth-order valence-electron chi connectivity index (χ4n) is 1.71. The first-order chi connectivity index (χ1) is 9.85. The summed E-state index contributed by atoms with van der Waals surface area (Å²) >= 11 is 0. The average Bonchev–Trinajstić information content (AvgIpc) is 2.39. The van der Waals surface area contributed by atoms with Gasteiger partial charge >= 0.3 is 5.97 Å². The van der Waals surface area contributed by atoms with E-state index in [4.69, 9.17) is 0 Å². The first-order valence-electron chi connectivity index (χ1n) is 6.38. The first-order valence-corrected chi connectivity index (χ1v) is 6.38. The third-order valence-electron chi connectivity index (χ3n) is 2.76. The number of hydrogen-bond donors (Lipinski definition) is 0. The summed E-state index contributed by atoms with van der Waals surface area (Å²) in [5, 5.41) is 10.8. The summed E-state index contributed by atoms with van der Waals surface area (Å²) in [6.07, 6.45) is 0.891. The average molecular weight is 296 g/mol. The Morgan fingerprint density at radius 2 is 2.05 bits per heavy atom. The van der Waals surface area contributed by atoms with Gasteiger partial charge in [-0.1, -0.05) is 0 Å². The molecular formula is C13H16N2O6. The molecular weight excluding hydrogens is 280 g/mol. The lowest BCUT2D eigenvalue weighted by atomic mass is 10.2. The summed E-state index contributed by atoms with van der Waals surface area (Å²) in [5.41, 5.74) is -0.490. The molecule has 21 heavy (non-hydrogen) atoms.